The molecule has 29 heavy (non-hydrogen) atoms. The molecule has 5 heteroatoms. The van der Waals surface area contributed by atoms with Crippen molar-refractivity contribution in [2.24, 2.45) is 0 Å². The van der Waals surface area contributed by atoms with E-state index in [0.717, 1.165) is 25.1 Å². The number of nitrogens with one attached hydrogen (secondary N) is 1. The van der Waals surface area contributed by atoms with Crippen molar-refractivity contribution >= 4 is 5.95 Å². The van der Waals surface area contributed by atoms with Crippen molar-refractivity contribution in [2.45, 2.75) is 50.4 Å². The second-order valence-electron chi connectivity index (χ2n) is 7.99. The molecule has 0 amide bonds. The van der Waals surface area contributed by atoms with Gasteiger partial charge in [0.2, 0.25) is 11.8 Å². The van der Waals surface area contributed by atoms with Crippen molar-refractivity contribution in [3.63, 3.8) is 0 Å². The first-order chi connectivity index (χ1) is 14.3. The topological polar surface area (TPSA) is 50.3 Å². The zero-order valence-electron chi connectivity index (χ0n) is 16.4. The highest BCUT2D eigenvalue weighted by Gasteiger charge is 2.40. The third kappa shape index (κ3) is 4.25. The Morgan fingerprint density at radius 1 is 0.897 bits per heavy atom. The van der Waals surface area contributed by atoms with E-state index in [0.29, 0.717) is 30.0 Å². The second kappa shape index (κ2) is 8.21. The van der Waals surface area contributed by atoms with E-state index in [1.807, 2.05) is 30.3 Å². The van der Waals surface area contributed by atoms with Crippen molar-refractivity contribution < 1.29 is 4.74 Å². The van der Waals surface area contributed by atoms with Gasteiger partial charge in [-0.1, -0.05) is 48.5 Å². The molecule has 1 aromatic heterocycles. The highest BCUT2D eigenvalue weighted by Crippen LogP contribution is 2.37. The minimum Gasteiger partial charge on any atom is -0.439 e. The molecule has 2 aliphatic heterocycles. The summed E-state index contributed by atoms with van der Waals surface area (Å²) in [7, 11) is 0. The summed E-state index contributed by atoms with van der Waals surface area (Å²) in [6.45, 7) is 1.06. The Bertz CT molecular complexity index is 920. The predicted molar refractivity (Wildman–Crippen MR) is 114 cm³/mol. The zero-order chi connectivity index (χ0) is 19.5. The fourth-order valence-corrected chi connectivity index (χ4v) is 4.70. The summed E-state index contributed by atoms with van der Waals surface area (Å²) < 4.78 is 5.85. The maximum Gasteiger partial charge on any atom is 0.226 e. The van der Waals surface area contributed by atoms with Crippen LogP contribution in [-0.4, -0.2) is 33.0 Å². The second-order valence-corrected chi connectivity index (χ2v) is 7.99. The van der Waals surface area contributed by atoms with Crippen LogP contribution < -0.4 is 10.1 Å². The smallest absolute Gasteiger partial charge is 0.226 e. The summed E-state index contributed by atoms with van der Waals surface area (Å²) >= 11 is 0. The zero-order valence-corrected chi connectivity index (χ0v) is 16.4. The lowest BCUT2D eigenvalue weighted by Crippen LogP contribution is -2.46. The van der Waals surface area contributed by atoms with Crippen LogP contribution in [0, 0.1) is 0 Å². The van der Waals surface area contributed by atoms with Gasteiger partial charge in [0.05, 0.1) is 0 Å². The van der Waals surface area contributed by atoms with Crippen LogP contribution in [0.1, 0.15) is 31.2 Å². The van der Waals surface area contributed by atoms with Gasteiger partial charge in [-0.05, 0) is 43.4 Å². The number of hydrogen-bond donors (Lipinski definition) is 1. The molecule has 0 aliphatic carbocycles. The lowest BCUT2D eigenvalue weighted by atomic mass is 9.96. The van der Waals surface area contributed by atoms with Crippen LogP contribution in [-0.2, 0) is 6.54 Å². The molecule has 0 saturated carbocycles. The van der Waals surface area contributed by atoms with E-state index < -0.39 is 0 Å². The minimum atomic E-state index is 0.409. The lowest BCUT2D eigenvalue weighted by Gasteiger charge is -2.39. The number of piperidine rings is 1. The van der Waals surface area contributed by atoms with Crippen LogP contribution in [0.4, 0.5) is 5.95 Å². The molecule has 1 N–H and O–H groups in total. The standard InChI is InChI=1S/C24H26N4O/c1-3-7-18(8-4-1)17-28-20-11-12-21(28)16-19(15-20)26-24-25-14-13-23(27-24)29-22-9-5-2-6-10-22/h1-10,13-14,19-21H,11-12,15-17H2,(H,25,26,27). The van der Waals surface area contributed by atoms with E-state index >= 15 is 0 Å². The van der Waals surface area contributed by atoms with Gasteiger partial charge in [-0.2, -0.15) is 4.98 Å². The molecule has 148 valence electrons. The maximum atomic E-state index is 5.85. The third-order valence-electron chi connectivity index (χ3n) is 6.02. The van der Waals surface area contributed by atoms with Crippen LogP contribution in [0.25, 0.3) is 0 Å². The number of nitrogens with zero attached hydrogens (tertiary/aromatic N) is 3. The highest BCUT2D eigenvalue weighted by atomic mass is 16.5. The molecule has 3 aromatic rings. The Labute approximate surface area is 171 Å². The van der Waals surface area contributed by atoms with E-state index in [-0.39, 0.29) is 0 Å². The SMILES string of the molecule is c1ccc(CN2C3CCC2CC(Nc2nccc(Oc4ccccc4)n2)C3)cc1. The Balaban J connectivity index is 1.22. The molecule has 5 rings (SSSR count). The Hall–Kier alpha value is -2.92. The summed E-state index contributed by atoms with van der Waals surface area (Å²) in [6.07, 6.45) is 6.60. The van der Waals surface area contributed by atoms with Crippen LogP contribution in [0.5, 0.6) is 11.6 Å². The van der Waals surface area contributed by atoms with E-state index in [9.17, 15) is 0 Å². The van der Waals surface area contributed by atoms with E-state index in [4.69, 9.17) is 4.74 Å². The molecule has 0 radical (unpaired) electrons. The predicted octanol–water partition coefficient (Wildman–Crippen LogP) is 4.88. The number of fused-ring (bicyclic) bond motifs is 2. The quantitative estimate of drug-likeness (QED) is 0.655. The van der Waals surface area contributed by atoms with Gasteiger partial charge < -0.3 is 10.1 Å². The molecule has 2 bridgehead atoms. The normalized spacial score (nSPS) is 23.7. The number of ether oxygens (including phenoxy) is 1. The van der Waals surface area contributed by atoms with Crippen LogP contribution in [0.2, 0.25) is 0 Å². The lowest BCUT2D eigenvalue weighted by molar-refractivity contribution is 0.124. The molecule has 2 fully saturated rings. The summed E-state index contributed by atoms with van der Waals surface area (Å²) in [5.74, 6) is 2.00. The molecule has 5 nitrogen and oxygen atoms in total. The highest BCUT2D eigenvalue weighted by molar-refractivity contribution is 5.32. The van der Waals surface area contributed by atoms with Gasteiger partial charge in [0.25, 0.3) is 0 Å². The average molecular weight is 386 g/mol. The van der Waals surface area contributed by atoms with Crippen molar-refractivity contribution in [1.82, 2.24) is 14.9 Å². The molecule has 2 atom stereocenters. The third-order valence-corrected chi connectivity index (χ3v) is 6.02. The summed E-state index contributed by atoms with van der Waals surface area (Å²) in [5, 5.41) is 3.56. The fraction of sp³-hybridized carbons (Fsp3) is 0.333. The van der Waals surface area contributed by atoms with Gasteiger partial charge >= 0.3 is 0 Å². The number of benzene rings is 2. The molecule has 0 spiro atoms. The van der Waals surface area contributed by atoms with Crippen LogP contribution >= 0.6 is 0 Å². The average Bonchev–Trinajstić information content (AvgIpc) is 2.98. The van der Waals surface area contributed by atoms with Crippen molar-refractivity contribution in [1.29, 1.82) is 0 Å². The van der Waals surface area contributed by atoms with E-state index in [1.165, 1.54) is 18.4 Å². The Morgan fingerprint density at radius 3 is 2.31 bits per heavy atom. The largest absolute Gasteiger partial charge is 0.439 e. The maximum absolute atomic E-state index is 5.85. The van der Waals surface area contributed by atoms with Crippen LogP contribution in [0.15, 0.2) is 72.9 Å². The monoisotopic (exact) mass is 386 g/mol. The molecule has 2 aliphatic rings. The number of rotatable bonds is 6. The van der Waals surface area contributed by atoms with Crippen LogP contribution in [0.3, 0.4) is 0 Å². The number of hydrogen-bond acceptors (Lipinski definition) is 5. The van der Waals surface area contributed by atoms with Crippen molar-refractivity contribution in [2.75, 3.05) is 5.32 Å². The summed E-state index contributed by atoms with van der Waals surface area (Å²) in [4.78, 5) is 11.7. The Morgan fingerprint density at radius 2 is 1.59 bits per heavy atom. The first kappa shape index (κ1) is 18.1. The molecule has 2 aromatic carbocycles. The number of anilines is 1. The van der Waals surface area contributed by atoms with Gasteiger partial charge in [0, 0.05) is 36.9 Å². The molecular formula is C24H26N4O. The van der Waals surface area contributed by atoms with E-state index in [2.05, 4.69) is 50.5 Å². The van der Waals surface area contributed by atoms with Crippen molar-refractivity contribution in [3.05, 3.63) is 78.5 Å². The first-order valence-electron chi connectivity index (χ1n) is 10.5. The van der Waals surface area contributed by atoms with Crippen molar-refractivity contribution in [3.8, 4) is 11.6 Å². The molecule has 3 heterocycles. The van der Waals surface area contributed by atoms with Gasteiger partial charge in [-0.15, -0.1) is 0 Å². The molecular weight excluding hydrogens is 360 g/mol. The molecule has 2 unspecified atom stereocenters. The van der Waals surface area contributed by atoms with Gasteiger partial charge in [0.1, 0.15) is 5.75 Å². The Kier molecular flexibility index (Phi) is 5.13. The number of para-hydroxylation sites is 1. The van der Waals surface area contributed by atoms with Gasteiger partial charge in [0.15, 0.2) is 0 Å². The number of aromatic nitrogens is 2. The molecule has 2 saturated heterocycles. The minimum absolute atomic E-state index is 0.409. The summed E-state index contributed by atoms with van der Waals surface area (Å²) in [5.41, 5.74) is 1.41. The fourth-order valence-electron chi connectivity index (χ4n) is 4.70. The van der Waals surface area contributed by atoms with E-state index in [1.54, 1.807) is 12.3 Å². The summed E-state index contributed by atoms with van der Waals surface area (Å²) in [6, 6.07) is 24.0. The first-order valence-corrected chi connectivity index (χ1v) is 10.5. The van der Waals surface area contributed by atoms with Gasteiger partial charge in [-0.25, -0.2) is 4.98 Å². The van der Waals surface area contributed by atoms with Gasteiger partial charge in [-0.3, -0.25) is 4.90 Å².